The van der Waals surface area contributed by atoms with E-state index >= 15 is 0 Å². The maximum absolute atomic E-state index is 13.2. The Morgan fingerprint density at radius 1 is 0.643 bits per heavy atom. The Morgan fingerprint density at radius 2 is 1.14 bits per heavy atom. The van der Waals surface area contributed by atoms with Gasteiger partial charge in [-0.05, 0) is 65.1 Å². The minimum absolute atomic E-state index is 0. The summed E-state index contributed by atoms with van der Waals surface area (Å²) < 4.78 is 27.1. The Labute approximate surface area is 554 Å². The second kappa shape index (κ2) is 49.8. The standard InChI is InChI=1S/C13H8NS.C11H6F2N.C11H8N.C6H5NO2.C5H8O2.4Ir.H8P6.3Y/c1-2-7-12-10(5-1)9-13(15-12)11-6-3-4-8-14-11;12-8-4-5-9(10(13)7-8)11-3-1-2-6-14-11;1-2-6-10(7-3-1)11-8-4-5-9-12-11;8-6(9)5-3-1-2-4-7-5;1-4(6)3-5(2)7;;;;;1-3-5-6-4-2;;;/h1-8H;1-4,6-7H;1-6,8-9H;1-4H,(H,8,9);3,6H,1-2H3;;;;;3-6H,1-2H2;;;/q3*-1;;;;;;;;;;. The van der Waals surface area contributed by atoms with E-state index in [0.29, 0.717) is 5.69 Å². The molecule has 5 aromatic heterocycles. The summed E-state index contributed by atoms with van der Waals surface area (Å²) in [6.45, 7) is 2.85. The Kier molecular flexibility index (Phi) is 57.0. The van der Waals surface area contributed by atoms with E-state index in [4.69, 9.17) is 10.2 Å². The Balaban J connectivity index is -0.000000243. The first kappa shape index (κ1) is 80.1. The Morgan fingerprint density at radius 3 is 1.54 bits per heavy atom. The molecule has 0 bridgehead atoms. The van der Waals surface area contributed by atoms with Crippen LogP contribution in [0.15, 0.2) is 170 Å². The number of pyridine rings is 4. The number of carboxylic acids is 1. The van der Waals surface area contributed by atoms with Crippen LogP contribution in [-0.2, 0) is 183 Å². The fourth-order valence-electron chi connectivity index (χ4n) is 4.61. The van der Waals surface area contributed by atoms with Gasteiger partial charge < -0.3 is 25.2 Å². The molecular weight excluding hydrogens is 1960 g/mol. The summed E-state index contributed by atoms with van der Waals surface area (Å²) in [5, 5.41) is 17.9. The summed E-state index contributed by atoms with van der Waals surface area (Å²) >= 11 is 1.73. The summed E-state index contributed by atoms with van der Waals surface area (Å²) in [4.78, 5) is 37.3. The molecule has 8 aromatic rings. The smallest absolute Gasteiger partial charge is 0.354 e. The van der Waals surface area contributed by atoms with Gasteiger partial charge in [-0.15, -0.1) is 89.5 Å². The van der Waals surface area contributed by atoms with Crippen molar-refractivity contribution in [3.05, 3.63) is 206 Å². The molecule has 0 saturated carbocycles. The molecule has 369 valence electrons. The Hall–Kier alpha value is 1.25. The summed E-state index contributed by atoms with van der Waals surface area (Å²) in [6, 6.07) is 48.7. The SMILES string of the molecule is CC(=O)C=C(C)O.Fc1c[c-]c(-c2ccccn2)c(F)c1.O=C(O)c1ccccn1.PPPPPP.[Ir].[Ir].[Ir].[Ir].[Y].[Y].[Y].[c-]1c(-c2ccccn2)sc2ccccc12.[c-]1ccccc1-c1ccccn1. The van der Waals surface area contributed by atoms with Crippen molar-refractivity contribution in [2.75, 3.05) is 0 Å². The second-order valence-electron chi connectivity index (χ2n) is 12.0. The molecular formula is C46H43F2Ir4N4O4P6SY3-3. The molecule has 3 aromatic carbocycles. The zero-order valence-corrected chi connectivity index (χ0v) is 62.2. The van der Waals surface area contributed by atoms with Gasteiger partial charge in [0.1, 0.15) is 5.69 Å². The van der Waals surface area contributed by atoms with Gasteiger partial charge in [0.15, 0.2) is 5.78 Å². The molecule has 0 aliphatic carbocycles. The third-order valence-corrected chi connectivity index (χ3v) is 24.8. The fraction of sp³-hybridized carbons (Fsp3) is 0.0435. The molecule has 8 nitrogen and oxygen atoms in total. The maximum Gasteiger partial charge on any atom is 0.354 e. The quantitative estimate of drug-likeness (QED) is 0.0506. The van der Waals surface area contributed by atoms with Gasteiger partial charge in [-0.1, -0.05) is 98.1 Å². The summed E-state index contributed by atoms with van der Waals surface area (Å²) in [5.74, 6) is -2.34. The third kappa shape index (κ3) is 34.8. The maximum atomic E-state index is 13.2. The van der Waals surface area contributed by atoms with Crippen molar-refractivity contribution in [3.8, 4) is 33.1 Å². The van der Waals surface area contributed by atoms with E-state index in [-0.39, 0.29) is 201 Å². The molecule has 8 rings (SSSR count). The predicted molar refractivity (Wildman–Crippen MR) is 272 cm³/mol. The zero-order valence-electron chi connectivity index (χ0n) is 37.0. The van der Waals surface area contributed by atoms with Crippen LogP contribution in [0.25, 0.3) is 43.2 Å². The third-order valence-electron chi connectivity index (χ3n) is 7.18. The van der Waals surface area contributed by atoms with Gasteiger partial charge in [-0.3, -0.25) is 13.6 Å². The van der Waals surface area contributed by atoms with Crippen LogP contribution in [0.2, 0.25) is 0 Å². The van der Waals surface area contributed by atoms with E-state index in [1.807, 2.05) is 72.9 Å². The first-order valence-electron chi connectivity index (χ1n) is 18.4. The number of fused-ring (bicyclic) bond motifs is 1. The minimum atomic E-state index is -0.990. The van der Waals surface area contributed by atoms with E-state index in [2.05, 4.69) is 74.2 Å². The van der Waals surface area contributed by atoms with Crippen molar-refractivity contribution in [1.29, 1.82) is 0 Å². The van der Waals surface area contributed by atoms with Gasteiger partial charge in [0.2, 0.25) is 0 Å². The van der Waals surface area contributed by atoms with Crippen LogP contribution in [0.5, 0.6) is 0 Å². The number of benzene rings is 3. The van der Waals surface area contributed by atoms with Crippen LogP contribution in [0.4, 0.5) is 8.78 Å². The van der Waals surface area contributed by atoms with E-state index in [0.717, 1.165) is 49.9 Å². The van der Waals surface area contributed by atoms with Crippen molar-refractivity contribution in [1.82, 2.24) is 19.9 Å². The predicted octanol–water partition coefficient (Wildman–Crippen LogP) is 14.0. The van der Waals surface area contributed by atoms with Crippen LogP contribution >= 0.6 is 61.0 Å². The number of hydrogen-bond acceptors (Lipinski definition) is 8. The number of ketones is 1. The first-order chi connectivity index (χ1) is 30.5. The van der Waals surface area contributed by atoms with Crippen molar-refractivity contribution in [2.24, 2.45) is 0 Å². The average molecular weight is 2010 g/mol. The van der Waals surface area contributed by atoms with E-state index in [1.54, 1.807) is 54.1 Å². The normalized spacial score (nSPS) is 9.71. The van der Waals surface area contributed by atoms with Gasteiger partial charge in [0.05, 0.1) is 5.76 Å². The number of carbonyl (C=O) groups is 2. The van der Waals surface area contributed by atoms with Gasteiger partial charge in [-0.25, -0.2) is 21.1 Å². The topological polar surface area (TPSA) is 126 Å². The second-order valence-corrected chi connectivity index (χ2v) is 27.0. The number of thiophene rings is 1. The molecule has 24 heteroatoms. The van der Waals surface area contributed by atoms with E-state index in [9.17, 15) is 18.4 Å². The zero-order chi connectivity index (χ0) is 45.7. The molecule has 0 spiro atoms. The molecule has 0 fully saturated rings. The van der Waals surface area contributed by atoms with Crippen LogP contribution in [0.3, 0.4) is 0 Å². The minimum Gasteiger partial charge on any atom is -0.512 e. The van der Waals surface area contributed by atoms with E-state index < -0.39 is 17.6 Å². The monoisotopic (exact) mass is 2010 g/mol. The van der Waals surface area contributed by atoms with Crippen molar-refractivity contribution >= 4 is 82.9 Å². The molecule has 70 heavy (non-hydrogen) atoms. The average Bonchev–Trinajstić information content (AvgIpc) is 3.75. The van der Waals surface area contributed by atoms with Gasteiger partial charge >= 0.3 is 5.97 Å². The molecule has 0 aliphatic heterocycles. The van der Waals surface area contributed by atoms with E-state index in [1.165, 1.54) is 58.2 Å². The Bertz CT molecular complexity index is 2510. The number of carboxylic acid groups (broad SMARTS) is 1. The van der Waals surface area contributed by atoms with Crippen LogP contribution < -0.4 is 0 Å². The van der Waals surface area contributed by atoms with Crippen molar-refractivity contribution < 1.29 is 207 Å². The number of halogens is 2. The van der Waals surface area contributed by atoms with Gasteiger partial charge in [0, 0.05) is 227 Å². The fourth-order valence-corrected chi connectivity index (χ4v) is 23.1. The van der Waals surface area contributed by atoms with Crippen LogP contribution in [0.1, 0.15) is 24.3 Å². The van der Waals surface area contributed by atoms with Gasteiger partial charge in [-0.2, -0.15) is 0 Å². The first-order valence-corrected chi connectivity index (χ1v) is 29.9. The van der Waals surface area contributed by atoms with Gasteiger partial charge in [0.25, 0.3) is 0 Å². The van der Waals surface area contributed by atoms with Crippen molar-refractivity contribution in [2.45, 2.75) is 13.8 Å². The molecule has 5 heterocycles. The number of nitrogens with zero attached hydrogens (tertiary/aromatic N) is 4. The molecule has 7 radical (unpaired) electrons. The number of aliphatic hydroxyl groups excluding tert-OH is 1. The molecule has 0 amide bonds. The summed E-state index contributed by atoms with van der Waals surface area (Å²) in [5.41, 5.74) is 3.73. The molecule has 0 aliphatic rings. The number of carbonyl (C=O) groups excluding carboxylic acids is 1. The molecule has 0 saturated heterocycles. The van der Waals surface area contributed by atoms with Crippen molar-refractivity contribution in [3.63, 3.8) is 0 Å². The number of hydrogen-bond donors (Lipinski definition) is 2. The molecule has 2 N–H and O–H groups in total. The number of aromatic nitrogens is 4. The number of allylic oxidation sites excluding steroid dienone is 2. The van der Waals surface area contributed by atoms with Crippen LogP contribution in [-0.4, -0.2) is 41.9 Å². The summed E-state index contributed by atoms with van der Waals surface area (Å²) in [6.07, 6.45) is 7.76. The number of aromatic carboxylic acids is 1. The molecule has 6 unspecified atom stereocenters. The number of rotatable bonds is 8. The molecule has 6 atom stereocenters. The number of aliphatic hydroxyl groups is 1. The summed E-state index contributed by atoms with van der Waals surface area (Å²) in [7, 11) is 10.2. The largest absolute Gasteiger partial charge is 0.512 e. The van der Waals surface area contributed by atoms with Crippen LogP contribution in [0, 0.1) is 29.8 Å².